The number of ether oxygens (including phenoxy) is 1. The first-order chi connectivity index (χ1) is 23.6. The van der Waals surface area contributed by atoms with E-state index in [-0.39, 0.29) is 17.7 Å². The highest BCUT2D eigenvalue weighted by Crippen LogP contribution is 2.37. The summed E-state index contributed by atoms with van der Waals surface area (Å²) in [5.41, 5.74) is 4.25. The van der Waals surface area contributed by atoms with Crippen LogP contribution in [0.25, 0.3) is 21.0 Å². The van der Waals surface area contributed by atoms with Crippen molar-refractivity contribution in [3.63, 3.8) is 0 Å². The first-order valence-electron chi connectivity index (χ1n) is 15.6. The van der Waals surface area contributed by atoms with Crippen LogP contribution in [0.1, 0.15) is 55.2 Å². The average molecular weight is 704 g/mol. The molecular formula is C36H41N5O6S2. The van der Waals surface area contributed by atoms with Gasteiger partial charge in [0.2, 0.25) is 5.91 Å². The number of rotatable bonds is 9. The van der Waals surface area contributed by atoms with Gasteiger partial charge in [-0.05, 0) is 99.9 Å². The van der Waals surface area contributed by atoms with Crippen molar-refractivity contribution in [2.75, 3.05) is 56.9 Å². The topological polar surface area (TPSA) is 144 Å². The Hall–Kier alpha value is -4.82. The second-order valence-electron chi connectivity index (χ2n) is 11.3. The Morgan fingerprint density at radius 1 is 1.04 bits per heavy atom. The number of fused-ring (bicyclic) bond motifs is 4. The quantitative estimate of drug-likeness (QED) is 0.0980. The molecule has 1 aliphatic rings. The van der Waals surface area contributed by atoms with E-state index >= 15 is 0 Å². The fraction of sp³-hybridized carbons (Fsp3) is 0.278. The number of hydrogen-bond donors (Lipinski definition) is 4. The van der Waals surface area contributed by atoms with Crippen LogP contribution in [0.15, 0.2) is 66.6 Å². The number of carbonyl (C=O) groups excluding carboxylic acids is 4. The number of nitrogens with one attached hydrogen (secondary N) is 3. The Morgan fingerprint density at radius 3 is 2.51 bits per heavy atom. The van der Waals surface area contributed by atoms with Gasteiger partial charge < -0.3 is 35.3 Å². The minimum Gasteiger partial charge on any atom is -0.464 e. The molecule has 0 aliphatic carbocycles. The maximum atomic E-state index is 13.5. The number of methoxy groups -OCH3 is 1. The van der Waals surface area contributed by atoms with E-state index in [0.29, 0.717) is 46.2 Å². The Bertz CT molecular complexity index is 1970. The highest BCUT2D eigenvalue weighted by atomic mass is 32.1. The minimum absolute atomic E-state index is 0.0370. The molecule has 13 heteroatoms. The number of nitrogens with zero attached hydrogens (tertiary/aromatic N) is 2. The summed E-state index contributed by atoms with van der Waals surface area (Å²) in [6.07, 6.45) is 3.64. The Kier molecular flexibility index (Phi) is 12.9. The van der Waals surface area contributed by atoms with Crippen LogP contribution >= 0.6 is 22.7 Å². The predicted octanol–water partition coefficient (Wildman–Crippen LogP) is 6.77. The van der Waals surface area contributed by atoms with Gasteiger partial charge in [-0.25, -0.2) is 4.79 Å². The number of H-pyrrole nitrogens is 1. The van der Waals surface area contributed by atoms with Crippen LogP contribution in [0, 0.1) is 0 Å². The number of carbonyl (C=O) groups is 4. The van der Waals surface area contributed by atoms with E-state index in [9.17, 15) is 19.2 Å². The van der Waals surface area contributed by atoms with Crippen molar-refractivity contribution in [3.8, 4) is 0 Å². The molecule has 0 atom stereocenters. The van der Waals surface area contributed by atoms with Gasteiger partial charge in [-0.3, -0.25) is 14.4 Å². The van der Waals surface area contributed by atoms with Crippen LogP contribution in [-0.4, -0.2) is 80.1 Å². The standard InChI is InChI=1S/C32H31N5O5S2.C3H6.CH4O/c1-36(2)11-4-5-29(38)33-19-6-9-26-18(13-19)14-27(44-26)30(39)34-20-15-28(43-17-20)31(40)37-12-10-21-22-16-24(32(41)42-3)35-23(22)7-8-25(21)37;1-3-2;1-2/h6-9,13-17,35H,4-5,10-12H2,1-3H3,(H,33,38)(H,34,39);3H,1H2,2H3;2H,1H3. The minimum atomic E-state index is -0.440. The highest BCUT2D eigenvalue weighted by molar-refractivity contribution is 7.21. The lowest BCUT2D eigenvalue weighted by molar-refractivity contribution is -0.116. The Morgan fingerprint density at radius 2 is 1.80 bits per heavy atom. The molecular weight excluding hydrogens is 663 g/mol. The number of aliphatic hydroxyl groups excluding tert-OH is 1. The van der Waals surface area contributed by atoms with Gasteiger partial charge in [0.05, 0.1) is 22.6 Å². The third-order valence-corrected chi connectivity index (χ3v) is 9.55. The number of esters is 1. The molecule has 11 nitrogen and oxygen atoms in total. The van der Waals surface area contributed by atoms with E-state index in [4.69, 9.17) is 9.84 Å². The number of anilines is 3. The Balaban J connectivity index is 0.00000103. The first kappa shape index (κ1) is 37.0. The molecule has 0 bridgehead atoms. The van der Waals surface area contributed by atoms with E-state index in [1.807, 2.05) is 62.3 Å². The zero-order valence-corrected chi connectivity index (χ0v) is 29.8. The van der Waals surface area contributed by atoms with E-state index in [1.165, 1.54) is 29.8 Å². The van der Waals surface area contributed by atoms with Gasteiger partial charge in [-0.15, -0.1) is 29.3 Å². The van der Waals surface area contributed by atoms with E-state index in [0.717, 1.165) is 52.3 Å². The molecule has 0 spiro atoms. The maximum Gasteiger partial charge on any atom is 0.354 e. The first-order valence-corrected chi connectivity index (χ1v) is 17.3. The lowest BCUT2D eigenvalue weighted by atomic mass is 10.1. The fourth-order valence-corrected chi connectivity index (χ4v) is 7.12. The van der Waals surface area contributed by atoms with E-state index < -0.39 is 5.97 Å². The van der Waals surface area contributed by atoms with Gasteiger partial charge in [-0.2, -0.15) is 0 Å². The van der Waals surface area contributed by atoms with Crippen molar-refractivity contribution in [1.29, 1.82) is 0 Å². The van der Waals surface area contributed by atoms with Gasteiger partial charge in [0.25, 0.3) is 11.8 Å². The lowest BCUT2D eigenvalue weighted by Gasteiger charge is -2.16. The van der Waals surface area contributed by atoms with Crippen LogP contribution in [0.4, 0.5) is 17.1 Å². The molecule has 49 heavy (non-hydrogen) atoms. The SMILES string of the molecule is C=CC.CO.COC(=O)c1cc2c3c(ccc2[nH]1)N(C(=O)c1cc(NC(=O)c2cc4cc(NC(=O)CCCN(C)C)ccc4s2)cs1)CC3. The number of aliphatic hydroxyl groups is 1. The summed E-state index contributed by atoms with van der Waals surface area (Å²) in [6, 6.07) is 14.6. The van der Waals surface area contributed by atoms with Gasteiger partial charge in [-0.1, -0.05) is 6.08 Å². The molecule has 1 aliphatic heterocycles. The van der Waals surface area contributed by atoms with Crippen LogP contribution in [0.3, 0.4) is 0 Å². The van der Waals surface area contributed by atoms with Crippen LogP contribution in [0.2, 0.25) is 0 Å². The number of allylic oxidation sites excluding steroid dienone is 1. The highest BCUT2D eigenvalue weighted by Gasteiger charge is 2.29. The normalized spacial score (nSPS) is 11.7. The Labute approximate surface area is 293 Å². The molecule has 3 aromatic heterocycles. The number of amides is 3. The van der Waals surface area contributed by atoms with Crippen molar-refractivity contribution in [2.45, 2.75) is 26.2 Å². The van der Waals surface area contributed by atoms with Gasteiger partial charge >= 0.3 is 5.97 Å². The number of benzene rings is 2. The number of thiophene rings is 2. The third-order valence-electron chi connectivity index (χ3n) is 7.52. The summed E-state index contributed by atoms with van der Waals surface area (Å²) in [5.74, 6) is -0.884. The molecule has 4 N–H and O–H groups in total. The zero-order valence-electron chi connectivity index (χ0n) is 28.2. The fourth-order valence-electron chi connectivity index (χ4n) is 5.40. The molecule has 3 amide bonds. The summed E-state index contributed by atoms with van der Waals surface area (Å²) in [6.45, 7) is 6.62. The number of aromatic nitrogens is 1. The van der Waals surface area contributed by atoms with Crippen LogP contribution in [0.5, 0.6) is 0 Å². The molecule has 5 aromatic rings. The van der Waals surface area contributed by atoms with E-state index in [1.54, 1.807) is 28.5 Å². The molecule has 0 unspecified atom stereocenters. The largest absolute Gasteiger partial charge is 0.464 e. The smallest absolute Gasteiger partial charge is 0.354 e. The van der Waals surface area contributed by atoms with Gasteiger partial charge in [0.1, 0.15) is 5.69 Å². The van der Waals surface area contributed by atoms with Crippen molar-refractivity contribution in [1.82, 2.24) is 9.88 Å². The van der Waals surface area contributed by atoms with Crippen LogP contribution in [-0.2, 0) is 16.0 Å². The van der Waals surface area contributed by atoms with Gasteiger partial charge in [0.15, 0.2) is 0 Å². The monoisotopic (exact) mass is 703 g/mol. The molecule has 0 fully saturated rings. The summed E-state index contributed by atoms with van der Waals surface area (Å²) in [5, 5.41) is 16.4. The molecule has 0 radical (unpaired) electrons. The van der Waals surface area contributed by atoms with Crippen LogP contribution < -0.4 is 15.5 Å². The van der Waals surface area contributed by atoms with Crippen molar-refractivity contribution < 1.29 is 29.0 Å². The molecule has 0 saturated heterocycles. The summed E-state index contributed by atoms with van der Waals surface area (Å²) < 4.78 is 5.77. The molecule has 2 aromatic carbocycles. The summed E-state index contributed by atoms with van der Waals surface area (Å²) in [7, 11) is 6.30. The molecule has 4 heterocycles. The second-order valence-corrected chi connectivity index (χ2v) is 13.3. The van der Waals surface area contributed by atoms with Crippen molar-refractivity contribution in [3.05, 3.63) is 87.6 Å². The number of hydrogen-bond acceptors (Lipinski definition) is 9. The molecule has 6 rings (SSSR count). The zero-order chi connectivity index (χ0) is 35.7. The van der Waals surface area contributed by atoms with E-state index in [2.05, 4.69) is 22.2 Å². The molecule has 0 saturated carbocycles. The number of aromatic amines is 1. The predicted molar refractivity (Wildman–Crippen MR) is 200 cm³/mol. The summed E-state index contributed by atoms with van der Waals surface area (Å²) >= 11 is 2.65. The summed E-state index contributed by atoms with van der Waals surface area (Å²) in [4.78, 5) is 58.8. The maximum absolute atomic E-state index is 13.5. The lowest BCUT2D eigenvalue weighted by Crippen LogP contribution is -2.28. The molecule has 258 valence electrons. The van der Waals surface area contributed by atoms with Gasteiger partial charge in [0, 0.05) is 52.4 Å². The van der Waals surface area contributed by atoms with Crippen molar-refractivity contribution >= 4 is 84.4 Å². The van der Waals surface area contributed by atoms with Crippen molar-refractivity contribution in [2.24, 2.45) is 0 Å². The second kappa shape index (κ2) is 17.0. The third kappa shape index (κ3) is 8.81. The average Bonchev–Trinajstić information content (AvgIpc) is 3.89.